The Balaban J connectivity index is 2.03. The van der Waals surface area contributed by atoms with Crippen LogP contribution in [-0.4, -0.2) is 37.4 Å². The van der Waals surface area contributed by atoms with Gasteiger partial charge in [0.1, 0.15) is 11.7 Å². The van der Waals surface area contributed by atoms with Crippen molar-refractivity contribution in [3.63, 3.8) is 0 Å². The summed E-state index contributed by atoms with van der Waals surface area (Å²) in [7, 11) is 1.47. The van der Waals surface area contributed by atoms with Crippen LogP contribution in [0, 0.1) is 0 Å². The van der Waals surface area contributed by atoms with Crippen LogP contribution in [0.5, 0.6) is 0 Å². The van der Waals surface area contributed by atoms with E-state index in [0.717, 1.165) is 5.56 Å². The first-order valence-electron chi connectivity index (χ1n) is 10.1. The number of methoxy groups -OCH3 is 1. The summed E-state index contributed by atoms with van der Waals surface area (Å²) < 4.78 is 16.4. The van der Waals surface area contributed by atoms with E-state index in [2.05, 4.69) is 5.32 Å². The van der Waals surface area contributed by atoms with Crippen molar-refractivity contribution in [3.8, 4) is 0 Å². The highest BCUT2D eigenvalue weighted by Crippen LogP contribution is 2.20. The molecule has 0 bridgehead atoms. The predicted molar refractivity (Wildman–Crippen MR) is 115 cm³/mol. The van der Waals surface area contributed by atoms with E-state index in [9.17, 15) is 9.59 Å². The summed E-state index contributed by atoms with van der Waals surface area (Å²) in [6.07, 6.45) is -0.637. The third kappa shape index (κ3) is 8.25. The zero-order valence-corrected chi connectivity index (χ0v) is 18.1. The Kier molecular flexibility index (Phi) is 8.87. The van der Waals surface area contributed by atoms with Crippen LogP contribution < -0.4 is 5.32 Å². The maximum atomic E-state index is 12.8. The Morgan fingerprint density at radius 1 is 0.967 bits per heavy atom. The number of esters is 1. The number of hydrogen-bond donors (Lipinski definition) is 1. The number of alkyl carbamates (subject to hydrolysis) is 1. The van der Waals surface area contributed by atoms with E-state index in [1.165, 1.54) is 7.11 Å². The van der Waals surface area contributed by atoms with Crippen molar-refractivity contribution in [1.82, 2.24) is 5.32 Å². The summed E-state index contributed by atoms with van der Waals surface area (Å²) in [5, 5.41) is 2.70. The molecule has 0 fully saturated rings. The highest BCUT2D eigenvalue weighted by molar-refractivity contribution is 5.76. The van der Waals surface area contributed by atoms with E-state index in [0.29, 0.717) is 18.4 Å². The highest BCUT2D eigenvalue weighted by atomic mass is 16.6. The van der Waals surface area contributed by atoms with Gasteiger partial charge < -0.3 is 19.5 Å². The Morgan fingerprint density at radius 3 is 2.13 bits per heavy atom. The average molecular weight is 414 g/mol. The molecule has 2 aromatic carbocycles. The molecule has 1 amide bonds. The molecule has 2 aromatic rings. The fourth-order valence-electron chi connectivity index (χ4n) is 2.91. The molecule has 2 unspecified atom stereocenters. The lowest BCUT2D eigenvalue weighted by Gasteiger charge is -2.24. The third-order valence-corrected chi connectivity index (χ3v) is 4.31. The Hall–Kier alpha value is -2.86. The molecule has 2 atom stereocenters. The normalized spacial score (nSPS) is 13.2. The minimum Gasteiger partial charge on any atom is -0.458 e. The summed E-state index contributed by atoms with van der Waals surface area (Å²) in [4.78, 5) is 24.8. The first-order valence-corrected chi connectivity index (χ1v) is 10.1. The van der Waals surface area contributed by atoms with Gasteiger partial charge in [-0.3, -0.25) is 0 Å². The molecule has 6 heteroatoms. The zero-order valence-electron chi connectivity index (χ0n) is 18.1. The van der Waals surface area contributed by atoms with Crippen LogP contribution >= 0.6 is 0 Å². The number of carbonyl (C=O) groups is 2. The van der Waals surface area contributed by atoms with Crippen LogP contribution in [0.1, 0.15) is 44.4 Å². The molecule has 2 rings (SSSR count). The monoisotopic (exact) mass is 413 g/mol. The van der Waals surface area contributed by atoms with Crippen molar-refractivity contribution < 1.29 is 23.8 Å². The Labute approximate surface area is 178 Å². The van der Waals surface area contributed by atoms with Crippen molar-refractivity contribution in [1.29, 1.82) is 0 Å². The Morgan fingerprint density at radius 2 is 1.57 bits per heavy atom. The molecule has 1 N–H and O–H groups in total. The van der Waals surface area contributed by atoms with Crippen molar-refractivity contribution in [2.75, 3.05) is 13.7 Å². The molecule has 6 nitrogen and oxygen atoms in total. The molecule has 0 aliphatic heterocycles. The lowest BCUT2D eigenvalue weighted by atomic mass is 10.1. The number of aryl methyl sites for hydroxylation is 1. The summed E-state index contributed by atoms with van der Waals surface area (Å²) in [5.74, 6) is -0.493. The minimum absolute atomic E-state index is 0.151. The van der Waals surface area contributed by atoms with E-state index in [1.807, 2.05) is 60.7 Å². The van der Waals surface area contributed by atoms with E-state index in [4.69, 9.17) is 14.2 Å². The molecular formula is C24H31NO5. The second-order valence-corrected chi connectivity index (χ2v) is 7.99. The maximum absolute atomic E-state index is 12.8. The second-order valence-electron chi connectivity index (χ2n) is 7.99. The summed E-state index contributed by atoms with van der Waals surface area (Å²) >= 11 is 0. The number of rotatable bonds is 9. The molecule has 0 radical (unpaired) electrons. The number of benzene rings is 2. The lowest BCUT2D eigenvalue weighted by molar-refractivity contribution is -0.161. The van der Waals surface area contributed by atoms with Crippen LogP contribution in [0.3, 0.4) is 0 Å². The van der Waals surface area contributed by atoms with Crippen LogP contribution in [0.2, 0.25) is 0 Å². The number of nitrogens with one attached hydrogen (secondary N) is 1. The van der Waals surface area contributed by atoms with Crippen molar-refractivity contribution in [2.45, 2.75) is 51.4 Å². The summed E-state index contributed by atoms with van der Waals surface area (Å²) in [6.45, 7) is 5.53. The van der Waals surface area contributed by atoms with Crippen LogP contribution in [0.4, 0.5) is 4.79 Å². The third-order valence-electron chi connectivity index (χ3n) is 4.31. The fourth-order valence-corrected chi connectivity index (χ4v) is 2.91. The molecule has 0 saturated carbocycles. The molecule has 0 heterocycles. The molecule has 0 aliphatic carbocycles. The van der Waals surface area contributed by atoms with Crippen LogP contribution in [-0.2, 0) is 25.4 Å². The van der Waals surface area contributed by atoms with Gasteiger partial charge in [0, 0.05) is 7.11 Å². The Bertz CT molecular complexity index is 786. The minimum atomic E-state index is -0.827. The van der Waals surface area contributed by atoms with Gasteiger partial charge in [-0.25, -0.2) is 9.59 Å². The fraction of sp³-hybridized carbons (Fsp3) is 0.417. The number of hydrogen-bond acceptors (Lipinski definition) is 5. The van der Waals surface area contributed by atoms with Crippen LogP contribution in [0.25, 0.3) is 0 Å². The van der Waals surface area contributed by atoms with Gasteiger partial charge in [0.25, 0.3) is 0 Å². The van der Waals surface area contributed by atoms with E-state index in [1.54, 1.807) is 20.8 Å². The highest BCUT2D eigenvalue weighted by Gasteiger charge is 2.26. The second kappa shape index (κ2) is 11.4. The molecule has 0 aromatic heterocycles. The maximum Gasteiger partial charge on any atom is 0.407 e. The number of carbonyl (C=O) groups excluding carboxylic acids is 2. The molecule has 0 spiro atoms. The SMILES string of the molecule is COC(C(=O)OC(CCc1ccccc1)CNC(=O)OC(C)(C)C)c1ccccc1. The molecule has 30 heavy (non-hydrogen) atoms. The van der Waals surface area contributed by atoms with Crippen molar-refractivity contribution in [3.05, 3.63) is 71.8 Å². The lowest BCUT2D eigenvalue weighted by Crippen LogP contribution is -2.39. The molecular weight excluding hydrogens is 382 g/mol. The topological polar surface area (TPSA) is 73.9 Å². The van der Waals surface area contributed by atoms with Gasteiger partial charge in [-0.1, -0.05) is 60.7 Å². The first kappa shape index (κ1) is 23.4. The average Bonchev–Trinajstić information content (AvgIpc) is 2.71. The van der Waals surface area contributed by atoms with Gasteiger partial charge in [-0.2, -0.15) is 0 Å². The molecule has 0 saturated heterocycles. The number of ether oxygens (including phenoxy) is 3. The van der Waals surface area contributed by atoms with E-state index in [-0.39, 0.29) is 6.54 Å². The quantitative estimate of drug-likeness (QED) is 0.615. The smallest absolute Gasteiger partial charge is 0.407 e. The van der Waals surface area contributed by atoms with Crippen LogP contribution in [0.15, 0.2) is 60.7 Å². The van der Waals surface area contributed by atoms with Gasteiger partial charge >= 0.3 is 12.1 Å². The van der Waals surface area contributed by atoms with Gasteiger partial charge in [0.05, 0.1) is 6.54 Å². The van der Waals surface area contributed by atoms with Gasteiger partial charge in [-0.15, -0.1) is 0 Å². The summed E-state index contributed by atoms with van der Waals surface area (Å²) in [5.41, 5.74) is 1.24. The predicted octanol–water partition coefficient (Wildman–Crippen LogP) is 4.44. The van der Waals surface area contributed by atoms with Gasteiger partial charge in [-0.05, 0) is 44.7 Å². The summed E-state index contributed by atoms with van der Waals surface area (Å²) in [6, 6.07) is 19.1. The van der Waals surface area contributed by atoms with Crippen molar-refractivity contribution in [2.24, 2.45) is 0 Å². The zero-order chi connectivity index (χ0) is 22.0. The molecule has 0 aliphatic rings. The van der Waals surface area contributed by atoms with E-state index < -0.39 is 29.9 Å². The van der Waals surface area contributed by atoms with Gasteiger partial charge in [0.2, 0.25) is 0 Å². The van der Waals surface area contributed by atoms with E-state index >= 15 is 0 Å². The first-order chi connectivity index (χ1) is 14.3. The molecule has 162 valence electrons. The largest absolute Gasteiger partial charge is 0.458 e. The van der Waals surface area contributed by atoms with Crippen molar-refractivity contribution >= 4 is 12.1 Å². The number of amides is 1. The standard InChI is InChI=1S/C24H31NO5/c1-24(2,3)30-23(27)25-17-20(16-15-18-11-7-5-8-12-18)29-22(26)21(28-4)19-13-9-6-10-14-19/h5-14,20-21H,15-17H2,1-4H3,(H,25,27). The van der Waals surface area contributed by atoms with Gasteiger partial charge in [0.15, 0.2) is 6.10 Å².